The molecule has 2 aromatic carbocycles. The lowest BCUT2D eigenvalue weighted by atomic mass is 9.88. The average molecular weight is 450 g/mol. The van der Waals surface area contributed by atoms with E-state index in [9.17, 15) is 18.0 Å². The predicted octanol–water partition coefficient (Wildman–Crippen LogP) is 5.66. The molecule has 1 aromatic heterocycles. The fraction of sp³-hybridized carbons (Fsp3) is 0.273. The van der Waals surface area contributed by atoms with E-state index in [1.165, 1.54) is 24.4 Å². The first-order valence-corrected chi connectivity index (χ1v) is 9.94. The number of hydrogen-bond donors (Lipinski definition) is 2. The standard InChI is InChI=1S/C22H19ClF3N3O2/c1-12-4-17-13(9-27-12)5-15(26)7-18(17)28-21(30)29-19-8-22(10-24,11-25)31-20-6-14(23)2-3-16(19)20/h2-7,9,19H,8,10-11H2,1H3,(H2,28,29,30)/t19-/m1/s1. The predicted molar refractivity (Wildman–Crippen MR) is 113 cm³/mol. The molecule has 162 valence electrons. The summed E-state index contributed by atoms with van der Waals surface area (Å²) in [4.78, 5) is 16.9. The molecule has 2 amide bonds. The summed E-state index contributed by atoms with van der Waals surface area (Å²) < 4.78 is 46.9. The van der Waals surface area contributed by atoms with E-state index in [0.717, 1.165) is 0 Å². The second-order valence-electron chi connectivity index (χ2n) is 7.59. The van der Waals surface area contributed by atoms with E-state index in [1.54, 1.807) is 25.1 Å². The monoisotopic (exact) mass is 449 g/mol. The summed E-state index contributed by atoms with van der Waals surface area (Å²) in [7, 11) is 0. The van der Waals surface area contributed by atoms with E-state index in [0.29, 0.717) is 27.1 Å². The number of urea groups is 1. The molecule has 0 unspecified atom stereocenters. The summed E-state index contributed by atoms with van der Waals surface area (Å²) in [5.74, 6) is -0.328. The van der Waals surface area contributed by atoms with Gasteiger partial charge in [-0.25, -0.2) is 18.0 Å². The summed E-state index contributed by atoms with van der Waals surface area (Å²) in [5.41, 5.74) is -0.220. The molecule has 9 heteroatoms. The summed E-state index contributed by atoms with van der Waals surface area (Å²) in [6, 6.07) is 7.55. The number of benzene rings is 2. The van der Waals surface area contributed by atoms with E-state index < -0.39 is 36.8 Å². The molecule has 1 aliphatic rings. The number of nitrogens with one attached hydrogen (secondary N) is 2. The summed E-state index contributed by atoms with van der Waals surface area (Å²) in [6.07, 6.45) is 1.40. The molecule has 0 bridgehead atoms. The third-order valence-electron chi connectivity index (χ3n) is 5.23. The molecule has 31 heavy (non-hydrogen) atoms. The highest BCUT2D eigenvalue weighted by molar-refractivity contribution is 6.30. The van der Waals surface area contributed by atoms with Gasteiger partial charge in [0.1, 0.15) is 24.9 Å². The van der Waals surface area contributed by atoms with Crippen LogP contribution >= 0.6 is 11.6 Å². The third-order valence-corrected chi connectivity index (χ3v) is 5.47. The molecular weight excluding hydrogens is 431 g/mol. The van der Waals surface area contributed by atoms with Crippen LogP contribution < -0.4 is 15.4 Å². The minimum Gasteiger partial charge on any atom is -0.481 e. The van der Waals surface area contributed by atoms with Gasteiger partial charge in [0, 0.05) is 39.7 Å². The second-order valence-corrected chi connectivity index (χ2v) is 8.03. The highest BCUT2D eigenvalue weighted by atomic mass is 35.5. The van der Waals surface area contributed by atoms with Gasteiger partial charge in [-0.15, -0.1) is 0 Å². The highest BCUT2D eigenvalue weighted by Gasteiger charge is 2.42. The van der Waals surface area contributed by atoms with Gasteiger partial charge in [-0.05, 0) is 37.3 Å². The highest BCUT2D eigenvalue weighted by Crippen LogP contribution is 2.41. The molecule has 0 saturated heterocycles. The molecule has 0 fully saturated rings. The third kappa shape index (κ3) is 4.25. The molecule has 1 aliphatic heterocycles. The number of rotatable bonds is 4. The van der Waals surface area contributed by atoms with Crippen molar-refractivity contribution in [3.63, 3.8) is 0 Å². The van der Waals surface area contributed by atoms with Crippen molar-refractivity contribution < 1.29 is 22.7 Å². The van der Waals surface area contributed by atoms with Crippen molar-refractivity contribution in [3.05, 3.63) is 64.7 Å². The summed E-state index contributed by atoms with van der Waals surface area (Å²) in [5, 5.41) is 6.84. The van der Waals surface area contributed by atoms with Crippen LogP contribution in [0.2, 0.25) is 5.02 Å². The Kier molecular flexibility index (Phi) is 5.66. The fourth-order valence-corrected chi connectivity index (χ4v) is 3.88. The van der Waals surface area contributed by atoms with E-state index in [2.05, 4.69) is 15.6 Å². The molecule has 0 aliphatic carbocycles. The van der Waals surface area contributed by atoms with Gasteiger partial charge >= 0.3 is 6.03 Å². The molecule has 3 aromatic rings. The van der Waals surface area contributed by atoms with Crippen LogP contribution in [-0.2, 0) is 0 Å². The number of ether oxygens (including phenoxy) is 1. The Labute approximate surface area is 181 Å². The lowest BCUT2D eigenvalue weighted by Gasteiger charge is -2.39. The normalized spacial score (nSPS) is 17.0. The first kappa shape index (κ1) is 21.2. The zero-order valence-electron chi connectivity index (χ0n) is 16.5. The van der Waals surface area contributed by atoms with Gasteiger partial charge in [0.15, 0.2) is 5.60 Å². The topological polar surface area (TPSA) is 63.2 Å². The van der Waals surface area contributed by atoms with Gasteiger partial charge in [0.25, 0.3) is 0 Å². The fourth-order valence-electron chi connectivity index (χ4n) is 3.71. The molecule has 2 N–H and O–H groups in total. The Bertz CT molecular complexity index is 1150. The smallest absolute Gasteiger partial charge is 0.319 e. The Morgan fingerprint density at radius 2 is 2.03 bits per heavy atom. The first-order valence-electron chi connectivity index (χ1n) is 9.56. The molecule has 0 radical (unpaired) electrons. The van der Waals surface area contributed by atoms with Crippen molar-refractivity contribution in [2.45, 2.75) is 25.0 Å². The van der Waals surface area contributed by atoms with Crippen LogP contribution in [0.5, 0.6) is 5.75 Å². The minimum absolute atomic E-state index is 0.116. The lowest BCUT2D eigenvalue weighted by Crippen LogP contribution is -2.49. The van der Waals surface area contributed by atoms with Gasteiger partial charge in [0.2, 0.25) is 0 Å². The lowest BCUT2D eigenvalue weighted by molar-refractivity contribution is -0.0104. The van der Waals surface area contributed by atoms with Gasteiger partial charge < -0.3 is 15.4 Å². The number of fused-ring (bicyclic) bond motifs is 2. The van der Waals surface area contributed by atoms with Gasteiger partial charge in [0.05, 0.1) is 11.7 Å². The molecule has 1 atom stereocenters. The van der Waals surface area contributed by atoms with Crippen LogP contribution in [-0.4, -0.2) is 30.0 Å². The number of halogens is 4. The number of nitrogens with zero attached hydrogens (tertiary/aromatic N) is 1. The van der Waals surface area contributed by atoms with Crippen molar-refractivity contribution in [1.29, 1.82) is 0 Å². The number of alkyl halides is 2. The maximum Gasteiger partial charge on any atom is 0.319 e. The minimum atomic E-state index is -1.72. The molecule has 5 nitrogen and oxygen atoms in total. The van der Waals surface area contributed by atoms with Crippen LogP contribution in [0.1, 0.15) is 23.7 Å². The Morgan fingerprint density at radius 3 is 2.77 bits per heavy atom. The van der Waals surface area contributed by atoms with Crippen LogP contribution in [0.25, 0.3) is 10.8 Å². The quantitative estimate of drug-likeness (QED) is 0.540. The molecular formula is C22H19ClF3N3O2. The number of amides is 2. The Hall–Kier alpha value is -3.00. The van der Waals surface area contributed by atoms with Crippen LogP contribution in [0.3, 0.4) is 0 Å². The van der Waals surface area contributed by atoms with Crippen LogP contribution in [0.4, 0.5) is 23.7 Å². The first-order chi connectivity index (χ1) is 14.8. The molecule has 0 spiro atoms. The Balaban J connectivity index is 1.63. The number of hydrogen-bond acceptors (Lipinski definition) is 3. The average Bonchev–Trinajstić information content (AvgIpc) is 2.73. The summed E-state index contributed by atoms with van der Waals surface area (Å²) >= 11 is 5.99. The Morgan fingerprint density at radius 1 is 1.26 bits per heavy atom. The van der Waals surface area contributed by atoms with Gasteiger partial charge in [-0.1, -0.05) is 17.7 Å². The number of carbonyl (C=O) groups excluding carboxylic acids is 1. The van der Waals surface area contributed by atoms with Gasteiger partial charge in [-0.3, -0.25) is 4.98 Å². The largest absolute Gasteiger partial charge is 0.481 e. The number of carbonyl (C=O) groups is 1. The zero-order valence-corrected chi connectivity index (χ0v) is 17.3. The van der Waals surface area contributed by atoms with E-state index in [-0.39, 0.29) is 17.9 Å². The van der Waals surface area contributed by atoms with E-state index >= 15 is 0 Å². The molecule has 2 heterocycles. The molecule has 4 rings (SSSR count). The number of anilines is 1. The van der Waals surface area contributed by atoms with Crippen molar-refractivity contribution in [3.8, 4) is 5.75 Å². The molecule has 0 saturated carbocycles. The number of aryl methyl sites for hydroxylation is 1. The maximum absolute atomic E-state index is 14.0. The van der Waals surface area contributed by atoms with Crippen molar-refractivity contribution in [1.82, 2.24) is 10.3 Å². The van der Waals surface area contributed by atoms with Crippen LogP contribution in [0.15, 0.2) is 42.6 Å². The summed E-state index contributed by atoms with van der Waals surface area (Å²) in [6.45, 7) is -0.365. The van der Waals surface area contributed by atoms with Crippen molar-refractivity contribution >= 4 is 34.1 Å². The number of aromatic nitrogens is 1. The van der Waals surface area contributed by atoms with Crippen LogP contribution in [0, 0.1) is 12.7 Å². The maximum atomic E-state index is 14.0. The van der Waals surface area contributed by atoms with E-state index in [4.69, 9.17) is 16.3 Å². The van der Waals surface area contributed by atoms with Gasteiger partial charge in [-0.2, -0.15) is 0 Å². The second kappa shape index (κ2) is 8.26. The zero-order chi connectivity index (χ0) is 22.2. The van der Waals surface area contributed by atoms with Crippen molar-refractivity contribution in [2.75, 3.05) is 18.7 Å². The van der Waals surface area contributed by atoms with Crippen molar-refractivity contribution in [2.24, 2.45) is 0 Å². The SMILES string of the molecule is Cc1cc2c(NC(=O)N[C@@H]3CC(CF)(CF)Oc4cc(Cl)ccc43)cc(F)cc2cn1. The van der Waals surface area contributed by atoms with E-state index in [1.807, 2.05) is 0 Å². The number of pyridine rings is 1.